The van der Waals surface area contributed by atoms with Gasteiger partial charge >= 0.3 is 6.03 Å². The van der Waals surface area contributed by atoms with Gasteiger partial charge in [-0.1, -0.05) is 32.1 Å². The van der Waals surface area contributed by atoms with Gasteiger partial charge in [0, 0.05) is 12.5 Å². The summed E-state index contributed by atoms with van der Waals surface area (Å²) in [6.45, 7) is 6.47. The molecule has 2 amide bonds. The van der Waals surface area contributed by atoms with Gasteiger partial charge in [0.05, 0.1) is 0 Å². The number of carbonyl (C=O) groups is 1. The van der Waals surface area contributed by atoms with Crippen LogP contribution in [0, 0.1) is 11.8 Å². The second kappa shape index (κ2) is 5.65. The Morgan fingerprint density at radius 3 is 2.78 bits per heavy atom. The number of rotatable bonds is 4. The van der Waals surface area contributed by atoms with E-state index in [0.717, 1.165) is 30.2 Å². The summed E-state index contributed by atoms with van der Waals surface area (Å²) in [4.78, 5) is 11.7. The van der Waals surface area contributed by atoms with Crippen molar-refractivity contribution in [1.82, 2.24) is 15.5 Å². The van der Waals surface area contributed by atoms with E-state index in [4.69, 9.17) is 0 Å². The first-order valence-corrected chi connectivity index (χ1v) is 7.24. The monoisotopic (exact) mass is 268 g/mol. The molecule has 1 heterocycles. The summed E-state index contributed by atoms with van der Waals surface area (Å²) >= 11 is 1.45. The minimum absolute atomic E-state index is 0.167. The van der Waals surface area contributed by atoms with Crippen LogP contribution in [0.4, 0.5) is 9.93 Å². The summed E-state index contributed by atoms with van der Waals surface area (Å²) in [7, 11) is 0. The highest BCUT2D eigenvalue weighted by atomic mass is 32.1. The number of nitrogens with zero attached hydrogens (tertiary/aromatic N) is 2. The Morgan fingerprint density at radius 1 is 1.44 bits per heavy atom. The number of hydrogen-bond acceptors (Lipinski definition) is 4. The van der Waals surface area contributed by atoms with Gasteiger partial charge in [-0.3, -0.25) is 5.32 Å². The molecule has 0 atom stereocenters. The van der Waals surface area contributed by atoms with Crippen LogP contribution in [0.15, 0.2) is 0 Å². The molecule has 0 unspecified atom stereocenters. The quantitative estimate of drug-likeness (QED) is 0.882. The Kier molecular flexibility index (Phi) is 4.16. The molecule has 1 aromatic heterocycles. The number of urea groups is 1. The van der Waals surface area contributed by atoms with Gasteiger partial charge in [-0.2, -0.15) is 0 Å². The average molecular weight is 268 g/mol. The zero-order valence-electron chi connectivity index (χ0n) is 11.1. The van der Waals surface area contributed by atoms with E-state index in [2.05, 4.69) is 41.6 Å². The van der Waals surface area contributed by atoms with Gasteiger partial charge in [0.1, 0.15) is 5.01 Å². The van der Waals surface area contributed by atoms with Crippen LogP contribution in [-0.4, -0.2) is 22.3 Å². The van der Waals surface area contributed by atoms with Crippen molar-refractivity contribution in [3.63, 3.8) is 0 Å². The van der Waals surface area contributed by atoms with Gasteiger partial charge in [0.25, 0.3) is 0 Å². The van der Waals surface area contributed by atoms with Gasteiger partial charge in [0.2, 0.25) is 5.13 Å². The Bertz CT molecular complexity index is 412. The summed E-state index contributed by atoms with van der Waals surface area (Å²) in [5.74, 6) is 1.28. The first-order valence-electron chi connectivity index (χ1n) is 6.43. The van der Waals surface area contributed by atoms with E-state index in [9.17, 15) is 4.79 Å². The molecular formula is C12H20N4OS. The summed E-state index contributed by atoms with van der Waals surface area (Å²) < 4.78 is 0. The predicted molar refractivity (Wildman–Crippen MR) is 72.8 cm³/mol. The highest BCUT2D eigenvalue weighted by Crippen LogP contribution is 2.26. The fraction of sp³-hybridized carbons (Fsp3) is 0.750. The Labute approximate surface area is 111 Å². The summed E-state index contributed by atoms with van der Waals surface area (Å²) in [6, 6.07) is 0.155. The van der Waals surface area contributed by atoms with Gasteiger partial charge in [-0.25, -0.2) is 4.79 Å². The van der Waals surface area contributed by atoms with E-state index in [-0.39, 0.29) is 6.03 Å². The maximum atomic E-state index is 11.7. The zero-order valence-corrected chi connectivity index (χ0v) is 11.9. The van der Waals surface area contributed by atoms with Crippen LogP contribution >= 0.6 is 11.3 Å². The lowest BCUT2D eigenvalue weighted by atomic mass is 9.82. The minimum Gasteiger partial charge on any atom is -0.335 e. The molecule has 18 heavy (non-hydrogen) atoms. The number of anilines is 1. The zero-order chi connectivity index (χ0) is 13.1. The highest BCUT2D eigenvalue weighted by molar-refractivity contribution is 7.15. The second-order valence-corrected chi connectivity index (χ2v) is 6.53. The maximum Gasteiger partial charge on any atom is 0.321 e. The third-order valence-corrected chi connectivity index (χ3v) is 3.84. The van der Waals surface area contributed by atoms with Gasteiger partial charge in [-0.15, -0.1) is 10.2 Å². The van der Waals surface area contributed by atoms with Crippen molar-refractivity contribution in [3.05, 3.63) is 5.01 Å². The van der Waals surface area contributed by atoms with Crippen molar-refractivity contribution in [1.29, 1.82) is 0 Å². The minimum atomic E-state index is -0.167. The van der Waals surface area contributed by atoms with Gasteiger partial charge < -0.3 is 5.32 Å². The lowest BCUT2D eigenvalue weighted by Gasteiger charge is -2.32. The van der Waals surface area contributed by atoms with Crippen LogP contribution in [0.2, 0.25) is 0 Å². The third kappa shape index (κ3) is 3.66. The number of carbonyl (C=O) groups excluding carboxylic acids is 1. The Morgan fingerprint density at radius 2 is 2.17 bits per heavy atom. The number of aromatic nitrogens is 2. The molecule has 2 N–H and O–H groups in total. The van der Waals surface area contributed by atoms with Crippen molar-refractivity contribution in [2.45, 2.75) is 46.1 Å². The normalized spacial score (nSPS) is 22.7. The van der Waals surface area contributed by atoms with Crippen molar-refractivity contribution < 1.29 is 4.79 Å². The van der Waals surface area contributed by atoms with Crippen molar-refractivity contribution in [3.8, 4) is 0 Å². The predicted octanol–water partition coefficient (Wildman–Crippen LogP) is 2.66. The lowest BCUT2D eigenvalue weighted by Crippen LogP contribution is -2.45. The van der Waals surface area contributed by atoms with Crippen LogP contribution in [0.25, 0.3) is 0 Å². The second-order valence-electron chi connectivity index (χ2n) is 5.47. The molecule has 100 valence electrons. The molecule has 1 fully saturated rings. The molecule has 1 aliphatic rings. The topological polar surface area (TPSA) is 66.9 Å². The number of nitrogens with one attached hydrogen (secondary N) is 2. The molecule has 1 aliphatic carbocycles. The molecule has 0 saturated heterocycles. The Balaban J connectivity index is 1.78. The first kappa shape index (κ1) is 13.3. The maximum absolute atomic E-state index is 11.7. The van der Waals surface area contributed by atoms with Crippen molar-refractivity contribution in [2.24, 2.45) is 11.8 Å². The molecule has 0 radical (unpaired) electrons. The molecule has 6 heteroatoms. The van der Waals surface area contributed by atoms with E-state index < -0.39 is 0 Å². The standard InChI is InChI=1S/C12H20N4OS/c1-7(2)4-10-15-16-12(18-10)14-11(17)13-9-5-8(3)6-9/h7-9H,4-6H2,1-3H3,(H2,13,14,16,17). The van der Waals surface area contributed by atoms with Crippen LogP contribution in [0.1, 0.15) is 38.6 Å². The molecule has 0 aromatic carbocycles. The molecule has 0 bridgehead atoms. The van der Waals surface area contributed by atoms with Gasteiger partial charge in [0.15, 0.2) is 0 Å². The van der Waals surface area contributed by atoms with E-state index in [1.54, 1.807) is 0 Å². The molecule has 0 spiro atoms. The number of hydrogen-bond donors (Lipinski definition) is 2. The molecule has 5 nitrogen and oxygen atoms in total. The molecule has 1 aromatic rings. The molecule has 0 aliphatic heterocycles. The fourth-order valence-corrected chi connectivity index (χ4v) is 3.02. The van der Waals surface area contributed by atoms with E-state index >= 15 is 0 Å². The summed E-state index contributed by atoms with van der Waals surface area (Å²) in [5, 5.41) is 15.3. The molecular weight excluding hydrogens is 248 g/mol. The average Bonchev–Trinajstić information content (AvgIpc) is 2.62. The van der Waals surface area contributed by atoms with Crippen LogP contribution in [0.3, 0.4) is 0 Å². The van der Waals surface area contributed by atoms with Gasteiger partial charge in [-0.05, 0) is 24.7 Å². The van der Waals surface area contributed by atoms with E-state index in [0.29, 0.717) is 17.1 Å². The number of amides is 2. The van der Waals surface area contributed by atoms with Crippen LogP contribution < -0.4 is 10.6 Å². The third-order valence-electron chi connectivity index (χ3n) is 2.98. The summed E-state index contributed by atoms with van der Waals surface area (Å²) in [5.41, 5.74) is 0. The van der Waals surface area contributed by atoms with E-state index in [1.807, 2.05) is 0 Å². The first-order chi connectivity index (χ1) is 8.52. The Hall–Kier alpha value is -1.17. The largest absolute Gasteiger partial charge is 0.335 e. The lowest BCUT2D eigenvalue weighted by molar-refractivity contribution is 0.219. The molecule has 1 saturated carbocycles. The summed E-state index contributed by atoms with van der Waals surface area (Å²) in [6.07, 6.45) is 3.05. The molecule has 2 rings (SSSR count). The van der Waals surface area contributed by atoms with Crippen molar-refractivity contribution >= 4 is 22.5 Å². The van der Waals surface area contributed by atoms with Crippen LogP contribution in [0.5, 0.6) is 0 Å². The smallest absolute Gasteiger partial charge is 0.321 e. The fourth-order valence-electron chi connectivity index (χ4n) is 2.07. The SMILES string of the molecule is CC(C)Cc1nnc(NC(=O)NC2CC(C)C2)s1. The van der Waals surface area contributed by atoms with E-state index in [1.165, 1.54) is 11.3 Å². The van der Waals surface area contributed by atoms with Crippen LogP contribution in [-0.2, 0) is 6.42 Å². The van der Waals surface area contributed by atoms with Crippen molar-refractivity contribution in [2.75, 3.05) is 5.32 Å². The highest BCUT2D eigenvalue weighted by Gasteiger charge is 2.26.